The van der Waals surface area contributed by atoms with Crippen LogP contribution in [0.4, 0.5) is 10.5 Å². The highest BCUT2D eigenvalue weighted by Crippen LogP contribution is 2.22. The van der Waals surface area contributed by atoms with Crippen molar-refractivity contribution in [3.63, 3.8) is 0 Å². The maximum atomic E-state index is 12.2. The van der Waals surface area contributed by atoms with E-state index in [1.807, 2.05) is 6.92 Å². The van der Waals surface area contributed by atoms with Gasteiger partial charge in [0.25, 0.3) is 0 Å². The van der Waals surface area contributed by atoms with E-state index in [-0.39, 0.29) is 22.9 Å². The number of urea groups is 1. The number of carbonyl (C=O) groups is 2. The number of benzene rings is 2. The maximum Gasteiger partial charge on any atom is 0.316 e. The Morgan fingerprint density at radius 3 is 2.27 bits per heavy atom. The Labute approximate surface area is 175 Å². The maximum absolute atomic E-state index is 12.2. The molecule has 2 aromatic carbocycles. The first-order valence-corrected chi connectivity index (χ1v) is 11.0. The Morgan fingerprint density at radius 2 is 1.70 bits per heavy atom. The van der Waals surface area contributed by atoms with Crippen LogP contribution in [0.15, 0.2) is 59.5 Å². The minimum absolute atomic E-state index is 0.0517. The van der Waals surface area contributed by atoms with Crippen molar-refractivity contribution in [2.75, 3.05) is 5.32 Å². The van der Waals surface area contributed by atoms with Crippen molar-refractivity contribution in [1.82, 2.24) is 10.0 Å². The fourth-order valence-corrected chi connectivity index (χ4v) is 4.07. The summed E-state index contributed by atoms with van der Waals surface area (Å²) in [4.78, 5) is 23.2. The van der Waals surface area contributed by atoms with E-state index in [1.165, 1.54) is 18.2 Å². The monoisotopic (exact) mass is 428 g/mol. The van der Waals surface area contributed by atoms with Gasteiger partial charge in [0.1, 0.15) is 0 Å². The van der Waals surface area contributed by atoms with Crippen LogP contribution in [0.3, 0.4) is 0 Å². The molecule has 3 amide bonds. The lowest BCUT2D eigenvalue weighted by Crippen LogP contribution is -2.25. The van der Waals surface area contributed by atoms with Crippen molar-refractivity contribution in [3.05, 3.63) is 65.7 Å². The molecule has 0 spiro atoms. The third-order valence-corrected chi connectivity index (χ3v) is 6.09. The lowest BCUT2D eigenvalue weighted by molar-refractivity contribution is -0.117. The predicted molar refractivity (Wildman–Crippen MR) is 115 cm³/mol. The molecule has 8 nitrogen and oxygen atoms in total. The molecule has 0 heterocycles. The van der Waals surface area contributed by atoms with Crippen LogP contribution in [-0.4, -0.2) is 26.4 Å². The molecule has 5 N–H and O–H groups in total. The van der Waals surface area contributed by atoms with Crippen molar-refractivity contribution < 1.29 is 18.0 Å². The van der Waals surface area contributed by atoms with Gasteiger partial charge in [-0.3, -0.25) is 4.79 Å². The summed E-state index contributed by atoms with van der Waals surface area (Å²) in [6.07, 6.45) is 4.77. The van der Waals surface area contributed by atoms with Gasteiger partial charge in [-0.05, 0) is 61.2 Å². The zero-order valence-electron chi connectivity index (χ0n) is 16.5. The van der Waals surface area contributed by atoms with Gasteiger partial charge in [0, 0.05) is 17.8 Å². The summed E-state index contributed by atoms with van der Waals surface area (Å²) in [5, 5.41) is 5.32. The number of sulfonamides is 1. The van der Waals surface area contributed by atoms with Gasteiger partial charge in [0.05, 0.1) is 10.9 Å². The normalized spacial score (nSPS) is 15.0. The van der Waals surface area contributed by atoms with Crippen molar-refractivity contribution in [1.29, 1.82) is 0 Å². The Kier molecular flexibility index (Phi) is 6.53. The second-order valence-corrected chi connectivity index (χ2v) is 8.85. The molecule has 1 atom stereocenters. The first-order chi connectivity index (χ1) is 14.2. The summed E-state index contributed by atoms with van der Waals surface area (Å²) in [7, 11) is -3.48. The molecule has 1 fully saturated rings. The fourth-order valence-electron chi connectivity index (χ4n) is 2.76. The number of nitrogens with two attached hydrogens (primary N) is 1. The molecule has 0 bridgehead atoms. The third-order valence-electron chi connectivity index (χ3n) is 4.55. The molecular formula is C21H24N4O4S. The van der Waals surface area contributed by atoms with E-state index in [4.69, 9.17) is 5.73 Å². The number of nitrogens with one attached hydrogen (secondary N) is 3. The van der Waals surface area contributed by atoms with Crippen LogP contribution in [-0.2, 0) is 14.8 Å². The molecular weight excluding hydrogens is 404 g/mol. The first kappa shape index (κ1) is 21.5. The number of anilines is 1. The van der Waals surface area contributed by atoms with E-state index >= 15 is 0 Å². The second kappa shape index (κ2) is 9.10. The number of hydrogen-bond donors (Lipinski definition) is 4. The molecule has 9 heteroatoms. The Bertz CT molecular complexity index is 1040. The second-order valence-electron chi connectivity index (χ2n) is 7.14. The topological polar surface area (TPSA) is 130 Å². The summed E-state index contributed by atoms with van der Waals surface area (Å²) >= 11 is 0. The number of amides is 3. The summed E-state index contributed by atoms with van der Waals surface area (Å²) in [6, 6.07) is 12.5. The number of carbonyl (C=O) groups excluding carboxylic acids is 2. The minimum Gasteiger partial charge on any atom is -0.351 e. The van der Waals surface area contributed by atoms with Gasteiger partial charge in [0.2, 0.25) is 15.9 Å². The van der Waals surface area contributed by atoms with E-state index in [2.05, 4.69) is 15.4 Å². The van der Waals surface area contributed by atoms with Crippen LogP contribution >= 0.6 is 0 Å². The predicted octanol–water partition coefficient (Wildman–Crippen LogP) is 2.51. The smallest absolute Gasteiger partial charge is 0.316 e. The molecule has 1 unspecified atom stereocenters. The molecule has 0 aromatic heterocycles. The molecule has 0 aliphatic heterocycles. The lowest BCUT2D eigenvalue weighted by atomic mass is 10.1. The van der Waals surface area contributed by atoms with Gasteiger partial charge >= 0.3 is 6.03 Å². The largest absolute Gasteiger partial charge is 0.351 e. The van der Waals surface area contributed by atoms with E-state index in [9.17, 15) is 18.0 Å². The van der Waals surface area contributed by atoms with Crippen LogP contribution in [0.2, 0.25) is 0 Å². The molecule has 1 aliphatic carbocycles. The molecule has 1 aliphatic rings. The number of rotatable bonds is 8. The Hall–Kier alpha value is -3.17. The molecule has 2 aromatic rings. The zero-order chi connectivity index (χ0) is 21.7. The minimum atomic E-state index is -3.48. The van der Waals surface area contributed by atoms with Crippen molar-refractivity contribution in [2.45, 2.75) is 36.7 Å². The van der Waals surface area contributed by atoms with Gasteiger partial charge < -0.3 is 16.4 Å². The fraction of sp³-hybridized carbons (Fsp3) is 0.238. The molecule has 0 saturated heterocycles. The lowest BCUT2D eigenvalue weighted by Gasteiger charge is -2.13. The highest BCUT2D eigenvalue weighted by Gasteiger charge is 2.27. The van der Waals surface area contributed by atoms with Gasteiger partial charge in [-0.2, -0.15) is 0 Å². The highest BCUT2D eigenvalue weighted by atomic mass is 32.2. The van der Waals surface area contributed by atoms with E-state index in [0.717, 1.165) is 18.4 Å². The van der Waals surface area contributed by atoms with Crippen LogP contribution in [0.5, 0.6) is 0 Å². The van der Waals surface area contributed by atoms with Gasteiger partial charge in [-0.25, -0.2) is 17.9 Å². The molecule has 0 radical (unpaired) electrons. The summed E-state index contributed by atoms with van der Waals surface area (Å²) in [5.74, 6) is -0.283. The van der Waals surface area contributed by atoms with E-state index < -0.39 is 16.1 Å². The van der Waals surface area contributed by atoms with Crippen molar-refractivity contribution in [3.8, 4) is 0 Å². The molecule has 1 saturated carbocycles. The van der Waals surface area contributed by atoms with Crippen molar-refractivity contribution in [2.24, 2.45) is 5.73 Å². The van der Waals surface area contributed by atoms with Gasteiger partial charge in [-0.1, -0.05) is 24.3 Å². The van der Waals surface area contributed by atoms with Crippen LogP contribution in [0, 0.1) is 0 Å². The zero-order valence-corrected chi connectivity index (χ0v) is 17.3. The summed E-state index contributed by atoms with van der Waals surface area (Å²) < 4.78 is 27.0. The standard InChI is InChI=1S/C21H24N4O4S/c1-14(16-5-7-17(8-6-16)24-21(22)27)23-20(26)13-4-15-2-11-19(12-3-15)30(28,29)25-18-9-10-18/h2-8,11-14,18,25H,9-10H2,1H3,(H,23,26)(H3,22,24,27). The van der Waals surface area contributed by atoms with E-state index in [1.54, 1.807) is 42.5 Å². The van der Waals surface area contributed by atoms with Gasteiger partial charge in [0.15, 0.2) is 0 Å². The first-order valence-electron chi connectivity index (χ1n) is 9.50. The van der Waals surface area contributed by atoms with E-state index in [0.29, 0.717) is 11.3 Å². The summed E-state index contributed by atoms with van der Waals surface area (Å²) in [6.45, 7) is 1.84. The van der Waals surface area contributed by atoms with Crippen LogP contribution in [0.1, 0.15) is 36.9 Å². The molecule has 30 heavy (non-hydrogen) atoms. The van der Waals surface area contributed by atoms with Crippen molar-refractivity contribution >= 4 is 33.7 Å². The summed E-state index contributed by atoms with van der Waals surface area (Å²) in [5.41, 5.74) is 7.22. The Balaban J connectivity index is 1.55. The third kappa shape index (κ3) is 6.16. The highest BCUT2D eigenvalue weighted by molar-refractivity contribution is 7.89. The number of hydrogen-bond acceptors (Lipinski definition) is 4. The SMILES string of the molecule is CC(NC(=O)C=Cc1ccc(S(=O)(=O)NC2CC2)cc1)c1ccc(NC(N)=O)cc1. The molecule has 3 rings (SSSR count). The van der Waals surface area contributed by atoms with Gasteiger partial charge in [-0.15, -0.1) is 0 Å². The van der Waals surface area contributed by atoms with Crippen LogP contribution in [0.25, 0.3) is 6.08 Å². The van der Waals surface area contributed by atoms with Crippen LogP contribution < -0.4 is 21.1 Å². The quantitative estimate of drug-likeness (QED) is 0.481. The Morgan fingerprint density at radius 1 is 1.07 bits per heavy atom. The average molecular weight is 429 g/mol. The average Bonchev–Trinajstić information content (AvgIpc) is 3.50. The number of primary amides is 1. The molecule has 158 valence electrons.